The van der Waals surface area contributed by atoms with Gasteiger partial charge in [-0.1, -0.05) is 45.4 Å². The summed E-state index contributed by atoms with van der Waals surface area (Å²) in [5.74, 6) is 0. The van der Waals surface area contributed by atoms with E-state index in [1.165, 1.54) is 32.1 Å². The summed E-state index contributed by atoms with van der Waals surface area (Å²) in [5.41, 5.74) is 0. The molecule has 0 spiro atoms. The van der Waals surface area contributed by atoms with Gasteiger partial charge in [0.1, 0.15) is 0 Å². The van der Waals surface area contributed by atoms with Crippen LogP contribution < -0.4 is 0 Å². The molecule has 12 heavy (non-hydrogen) atoms. The Morgan fingerprint density at radius 3 is 2.33 bits per heavy atom. The monoisotopic (exact) mass is 171 g/mol. The van der Waals surface area contributed by atoms with E-state index in [1.807, 2.05) is 0 Å². The fourth-order valence-electron chi connectivity index (χ4n) is 1.22. The molecule has 2 nitrogen and oxygen atoms in total. The molecule has 0 bridgehead atoms. The Balaban J connectivity index is 2.95. The minimum Gasteiger partial charge on any atom is -0.387 e. The second kappa shape index (κ2) is 8.72. The Bertz CT molecular complexity index is 104. The molecule has 0 aromatic heterocycles. The Kier molecular flexibility index (Phi) is 8.46. The maximum Gasteiger partial charge on any atom is 0.0884 e. The quantitative estimate of drug-likeness (QED) is 0.428. The van der Waals surface area contributed by atoms with E-state index in [2.05, 4.69) is 6.92 Å². The van der Waals surface area contributed by atoms with Crippen molar-refractivity contribution < 1.29 is 5.11 Å². The van der Waals surface area contributed by atoms with Crippen LogP contribution in [0.2, 0.25) is 0 Å². The average Bonchev–Trinajstić information content (AvgIpc) is 2.10. The van der Waals surface area contributed by atoms with Crippen LogP contribution in [0, 0.1) is 5.41 Å². The van der Waals surface area contributed by atoms with Crippen LogP contribution in [0.15, 0.2) is 0 Å². The van der Waals surface area contributed by atoms with Crippen molar-refractivity contribution in [1.82, 2.24) is 0 Å². The molecule has 0 unspecified atom stereocenters. The van der Waals surface area contributed by atoms with E-state index >= 15 is 0 Å². The van der Waals surface area contributed by atoms with Gasteiger partial charge in [-0.15, -0.1) is 0 Å². The van der Waals surface area contributed by atoms with Gasteiger partial charge in [0.15, 0.2) is 0 Å². The lowest BCUT2D eigenvalue weighted by Gasteiger charge is -2.03. The highest BCUT2D eigenvalue weighted by molar-refractivity contribution is 5.58. The molecule has 0 rings (SSSR count). The van der Waals surface area contributed by atoms with Crippen LogP contribution in [-0.2, 0) is 0 Å². The van der Waals surface area contributed by atoms with Crippen molar-refractivity contribution in [2.75, 3.05) is 0 Å². The number of nitrogens with one attached hydrogen (secondary N) is 1. The van der Waals surface area contributed by atoms with Gasteiger partial charge in [-0.05, 0) is 6.42 Å². The predicted octanol–water partition coefficient (Wildman–Crippen LogP) is 2.75. The summed E-state index contributed by atoms with van der Waals surface area (Å²) >= 11 is 0. The first-order chi connectivity index (χ1) is 5.81. The Hall–Kier alpha value is -0.370. The van der Waals surface area contributed by atoms with E-state index in [0.29, 0.717) is 0 Å². The highest BCUT2D eigenvalue weighted by Gasteiger charge is 1.97. The number of rotatable bonds is 8. The zero-order chi connectivity index (χ0) is 9.23. The van der Waals surface area contributed by atoms with Crippen molar-refractivity contribution in [2.24, 2.45) is 0 Å². The van der Waals surface area contributed by atoms with Crippen molar-refractivity contribution >= 4 is 6.21 Å². The van der Waals surface area contributed by atoms with Gasteiger partial charge in [0, 0.05) is 6.21 Å². The van der Waals surface area contributed by atoms with E-state index in [4.69, 9.17) is 10.5 Å². The summed E-state index contributed by atoms with van der Waals surface area (Å²) in [4.78, 5) is 0. The van der Waals surface area contributed by atoms with Crippen LogP contribution in [0.4, 0.5) is 0 Å². The van der Waals surface area contributed by atoms with E-state index < -0.39 is 6.10 Å². The van der Waals surface area contributed by atoms with Crippen LogP contribution in [0.1, 0.15) is 51.9 Å². The second-order valence-electron chi connectivity index (χ2n) is 3.29. The second-order valence-corrected chi connectivity index (χ2v) is 3.29. The molecule has 72 valence electrons. The summed E-state index contributed by atoms with van der Waals surface area (Å²) in [7, 11) is 0. The van der Waals surface area contributed by atoms with Gasteiger partial charge >= 0.3 is 0 Å². The smallest absolute Gasteiger partial charge is 0.0884 e. The van der Waals surface area contributed by atoms with E-state index in [1.54, 1.807) is 0 Å². The Labute approximate surface area is 75.5 Å². The predicted molar refractivity (Wildman–Crippen MR) is 52.8 cm³/mol. The molecule has 2 heteroatoms. The lowest BCUT2D eigenvalue weighted by atomic mass is 10.1. The third-order valence-electron chi connectivity index (χ3n) is 2.05. The largest absolute Gasteiger partial charge is 0.387 e. The summed E-state index contributed by atoms with van der Waals surface area (Å²) in [6.07, 6.45) is 8.83. The summed E-state index contributed by atoms with van der Waals surface area (Å²) in [5, 5.41) is 15.8. The molecule has 0 fully saturated rings. The molecule has 0 aliphatic carbocycles. The molecule has 0 aliphatic rings. The molecule has 0 radical (unpaired) electrons. The van der Waals surface area contributed by atoms with Gasteiger partial charge in [0.05, 0.1) is 6.10 Å². The van der Waals surface area contributed by atoms with Crippen molar-refractivity contribution in [3.05, 3.63) is 0 Å². The number of hydrogen-bond donors (Lipinski definition) is 2. The fourth-order valence-corrected chi connectivity index (χ4v) is 1.22. The fraction of sp³-hybridized carbons (Fsp3) is 0.900. The van der Waals surface area contributed by atoms with Crippen LogP contribution >= 0.6 is 0 Å². The van der Waals surface area contributed by atoms with E-state index in [0.717, 1.165) is 19.1 Å². The first-order valence-corrected chi connectivity index (χ1v) is 5.00. The molecular weight excluding hydrogens is 150 g/mol. The van der Waals surface area contributed by atoms with Crippen LogP contribution in [0.25, 0.3) is 0 Å². The van der Waals surface area contributed by atoms with Gasteiger partial charge in [-0.2, -0.15) is 0 Å². The summed E-state index contributed by atoms with van der Waals surface area (Å²) in [6.45, 7) is 2.21. The topological polar surface area (TPSA) is 44.1 Å². The Morgan fingerprint density at radius 1 is 1.17 bits per heavy atom. The van der Waals surface area contributed by atoms with Crippen LogP contribution in [0.3, 0.4) is 0 Å². The van der Waals surface area contributed by atoms with Crippen molar-refractivity contribution in [2.45, 2.75) is 58.0 Å². The van der Waals surface area contributed by atoms with E-state index in [9.17, 15) is 0 Å². The zero-order valence-corrected chi connectivity index (χ0v) is 8.05. The zero-order valence-electron chi connectivity index (χ0n) is 8.05. The molecule has 0 aromatic carbocycles. The molecule has 0 heterocycles. The van der Waals surface area contributed by atoms with Crippen molar-refractivity contribution in [1.29, 1.82) is 5.41 Å². The molecule has 0 aromatic rings. The molecule has 0 aliphatic heterocycles. The molecule has 1 atom stereocenters. The number of unbranched alkanes of at least 4 members (excludes halogenated alkanes) is 5. The first kappa shape index (κ1) is 11.6. The minimum absolute atomic E-state index is 0.504. The maximum absolute atomic E-state index is 9.02. The van der Waals surface area contributed by atoms with Crippen LogP contribution in [-0.4, -0.2) is 17.4 Å². The van der Waals surface area contributed by atoms with E-state index in [-0.39, 0.29) is 0 Å². The van der Waals surface area contributed by atoms with Crippen LogP contribution in [0.5, 0.6) is 0 Å². The normalized spacial score (nSPS) is 12.8. The highest BCUT2D eigenvalue weighted by atomic mass is 16.3. The van der Waals surface area contributed by atoms with Gasteiger partial charge in [0.2, 0.25) is 0 Å². The summed E-state index contributed by atoms with van der Waals surface area (Å²) in [6, 6.07) is 0. The minimum atomic E-state index is -0.504. The standard InChI is InChI=1S/C10H21NO/c1-2-3-4-5-6-7-8-10(12)9-11/h9-12H,2-8H2,1H3/t10-/m1/s1. The van der Waals surface area contributed by atoms with Gasteiger partial charge in [-0.3, -0.25) is 0 Å². The molecular formula is C10H21NO. The molecule has 0 saturated heterocycles. The highest BCUT2D eigenvalue weighted by Crippen LogP contribution is 2.07. The number of aliphatic hydroxyl groups is 1. The molecule has 0 amide bonds. The third-order valence-corrected chi connectivity index (χ3v) is 2.05. The summed E-state index contributed by atoms with van der Waals surface area (Å²) < 4.78 is 0. The van der Waals surface area contributed by atoms with Gasteiger partial charge in [0.25, 0.3) is 0 Å². The maximum atomic E-state index is 9.02. The SMILES string of the molecule is CCCCCCCC[C@@H](O)C=N. The number of hydrogen-bond acceptors (Lipinski definition) is 2. The van der Waals surface area contributed by atoms with Crippen molar-refractivity contribution in [3.8, 4) is 0 Å². The lowest BCUT2D eigenvalue weighted by molar-refractivity contribution is 0.230. The molecule has 0 saturated carbocycles. The lowest BCUT2D eigenvalue weighted by Crippen LogP contribution is -2.06. The third kappa shape index (κ3) is 7.73. The number of aliphatic hydroxyl groups excluding tert-OH is 1. The van der Waals surface area contributed by atoms with Crippen molar-refractivity contribution in [3.63, 3.8) is 0 Å². The van der Waals surface area contributed by atoms with Gasteiger partial charge < -0.3 is 10.5 Å². The first-order valence-electron chi connectivity index (χ1n) is 5.00. The molecule has 2 N–H and O–H groups in total. The average molecular weight is 171 g/mol. The Morgan fingerprint density at radius 2 is 1.75 bits per heavy atom. The van der Waals surface area contributed by atoms with Gasteiger partial charge in [-0.25, -0.2) is 0 Å².